The lowest BCUT2D eigenvalue weighted by atomic mass is 9.94. The SMILES string of the molecule is CN1CCC(CCNC(=O)Oc2cc(NC(=O)c3ccccc3Cl)[nH]n2)CC1. The summed E-state index contributed by atoms with van der Waals surface area (Å²) in [6, 6.07) is 8.15. The van der Waals surface area contributed by atoms with E-state index in [2.05, 4.69) is 32.8 Å². The predicted octanol–water partition coefficient (Wildman–Crippen LogP) is 3.14. The molecule has 1 fully saturated rings. The molecule has 1 saturated heterocycles. The molecule has 1 aromatic carbocycles. The smallest absolute Gasteiger partial charge is 0.390 e. The average molecular weight is 406 g/mol. The minimum Gasteiger partial charge on any atom is -0.390 e. The van der Waals surface area contributed by atoms with Crippen molar-refractivity contribution in [1.29, 1.82) is 0 Å². The second-order valence-electron chi connectivity index (χ2n) is 6.91. The molecule has 2 heterocycles. The number of nitrogens with zero attached hydrogens (tertiary/aromatic N) is 2. The number of hydrogen-bond acceptors (Lipinski definition) is 5. The van der Waals surface area contributed by atoms with Gasteiger partial charge in [-0.15, -0.1) is 5.10 Å². The Morgan fingerprint density at radius 3 is 2.82 bits per heavy atom. The van der Waals surface area contributed by atoms with E-state index in [0.29, 0.717) is 28.9 Å². The highest BCUT2D eigenvalue weighted by atomic mass is 35.5. The molecule has 150 valence electrons. The minimum atomic E-state index is -0.566. The number of rotatable bonds is 6. The fourth-order valence-corrected chi connectivity index (χ4v) is 3.34. The molecule has 2 amide bonds. The third kappa shape index (κ3) is 5.71. The molecule has 1 aliphatic heterocycles. The fraction of sp³-hybridized carbons (Fsp3) is 0.421. The van der Waals surface area contributed by atoms with E-state index in [1.54, 1.807) is 24.3 Å². The molecule has 8 nitrogen and oxygen atoms in total. The van der Waals surface area contributed by atoms with Gasteiger partial charge in [-0.05, 0) is 57.5 Å². The number of anilines is 1. The van der Waals surface area contributed by atoms with Crippen LogP contribution in [0.4, 0.5) is 10.6 Å². The lowest BCUT2D eigenvalue weighted by molar-refractivity contribution is 0.102. The Labute approximate surface area is 168 Å². The van der Waals surface area contributed by atoms with Crippen molar-refractivity contribution < 1.29 is 14.3 Å². The number of carbonyl (C=O) groups excluding carboxylic acids is 2. The first-order chi connectivity index (χ1) is 13.5. The topological polar surface area (TPSA) is 99.4 Å². The maximum atomic E-state index is 12.2. The Morgan fingerprint density at radius 2 is 2.07 bits per heavy atom. The zero-order chi connectivity index (χ0) is 19.9. The van der Waals surface area contributed by atoms with Crippen LogP contribution in [0.3, 0.4) is 0 Å². The first-order valence-electron chi connectivity index (χ1n) is 9.27. The zero-order valence-corrected chi connectivity index (χ0v) is 16.5. The van der Waals surface area contributed by atoms with E-state index in [1.807, 2.05) is 0 Å². The molecule has 0 unspecified atom stereocenters. The normalized spacial score (nSPS) is 15.2. The van der Waals surface area contributed by atoms with Crippen LogP contribution in [-0.2, 0) is 0 Å². The van der Waals surface area contributed by atoms with Gasteiger partial charge in [-0.2, -0.15) is 0 Å². The molecule has 0 atom stereocenters. The summed E-state index contributed by atoms with van der Waals surface area (Å²) < 4.78 is 5.13. The first kappa shape index (κ1) is 20.2. The van der Waals surface area contributed by atoms with Crippen molar-refractivity contribution in [1.82, 2.24) is 20.4 Å². The van der Waals surface area contributed by atoms with Crippen LogP contribution >= 0.6 is 11.6 Å². The molecule has 9 heteroatoms. The third-order valence-corrected chi connectivity index (χ3v) is 5.11. The largest absolute Gasteiger partial charge is 0.413 e. The molecule has 0 radical (unpaired) electrons. The van der Waals surface area contributed by atoms with Crippen molar-refractivity contribution >= 4 is 29.4 Å². The molecule has 3 N–H and O–H groups in total. The number of halogens is 1. The van der Waals surface area contributed by atoms with E-state index >= 15 is 0 Å². The highest BCUT2D eigenvalue weighted by molar-refractivity contribution is 6.34. The summed E-state index contributed by atoms with van der Waals surface area (Å²) in [6.07, 6.45) is 2.67. The van der Waals surface area contributed by atoms with E-state index in [9.17, 15) is 9.59 Å². The Balaban J connectivity index is 1.42. The summed E-state index contributed by atoms with van der Waals surface area (Å²) in [7, 11) is 2.13. The van der Waals surface area contributed by atoms with Gasteiger partial charge < -0.3 is 20.3 Å². The monoisotopic (exact) mass is 405 g/mol. The molecule has 28 heavy (non-hydrogen) atoms. The van der Waals surface area contributed by atoms with Gasteiger partial charge in [0.25, 0.3) is 5.91 Å². The number of piperidine rings is 1. The van der Waals surface area contributed by atoms with Crippen LogP contribution in [0.2, 0.25) is 5.02 Å². The molecule has 3 rings (SSSR count). The molecule has 1 aliphatic rings. The Kier molecular flexibility index (Phi) is 6.89. The zero-order valence-electron chi connectivity index (χ0n) is 15.7. The van der Waals surface area contributed by atoms with Gasteiger partial charge in [-0.1, -0.05) is 23.7 Å². The third-order valence-electron chi connectivity index (χ3n) is 4.78. The van der Waals surface area contributed by atoms with Gasteiger partial charge in [0.2, 0.25) is 5.88 Å². The van der Waals surface area contributed by atoms with E-state index in [1.165, 1.54) is 6.07 Å². The van der Waals surface area contributed by atoms with Crippen LogP contribution < -0.4 is 15.4 Å². The van der Waals surface area contributed by atoms with Crippen molar-refractivity contribution in [2.75, 3.05) is 32.0 Å². The Hall–Kier alpha value is -2.58. The minimum absolute atomic E-state index is 0.0752. The number of benzene rings is 1. The lowest BCUT2D eigenvalue weighted by Crippen LogP contribution is -2.33. The maximum absolute atomic E-state index is 12.2. The van der Waals surface area contributed by atoms with Crippen LogP contribution in [0.1, 0.15) is 29.6 Å². The number of amides is 2. The van der Waals surface area contributed by atoms with Crippen LogP contribution in [0, 0.1) is 5.92 Å². The summed E-state index contributed by atoms with van der Waals surface area (Å²) >= 11 is 6.00. The summed E-state index contributed by atoms with van der Waals surface area (Å²) in [4.78, 5) is 26.4. The number of aromatic nitrogens is 2. The number of carbonyl (C=O) groups is 2. The van der Waals surface area contributed by atoms with Crippen molar-refractivity contribution in [3.63, 3.8) is 0 Å². The second kappa shape index (κ2) is 9.57. The van der Waals surface area contributed by atoms with Crippen LogP contribution in [0.25, 0.3) is 0 Å². The van der Waals surface area contributed by atoms with E-state index in [-0.39, 0.29) is 11.8 Å². The summed E-state index contributed by atoms with van der Waals surface area (Å²) in [5.41, 5.74) is 0.341. The Morgan fingerprint density at radius 1 is 1.32 bits per heavy atom. The molecular weight excluding hydrogens is 382 g/mol. The van der Waals surface area contributed by atoms with Crippen molar-refractivity contribution in [3.05, 3.63) is 40.9 Å². The van der Waals surface area contributed by atoms with Gasteiger partial charge >= 0.3 is 6.09 Å². The van der Waals surface area contributed by atoms with E-state index in [0.717, 1.165) is 32.4 Å². The highest BCUT2D eigenvalue weighted by Crippen LogP contribution is 2.19. The molecule has 2 aromatic rings. The average Bonchev–Trinajstić information content (AvgIpc) is 3.10. The fourth-order valence-electron chi connectivity index (χ4n) is 3.11. The first-order valence-corrected chi connectivity index (χ1v) is 9.64. The standard InChI is InChI=1S/C19H24ClN5O3/c1-25-10-7-13(8-11-25)6-9-21-19(27)28-17-12-16(23-24-17)22-18(26)14-4-2-3-5-15(14)20/h2-5,12-13H,6-11H2,1H3,(H,21,27)(H2,22,23,24,26). The summed E-state index contributed by atoms with van der Waals surface area (Å²) in [5, 5.41) is 12.2. The molecule has 1 aromatic heterocycles. The number of aromatic amines is 1. The molecular formula is C19H24ClN5O3. The predicted molar refractivity (Wildman–Crippen MR) is 107 cm³/mol. The van der Waals surface area contributed by atoms with Crippen LogP contribution in [0.5, 0.6) is 5.88 Å². The number of H-pyrrole nitrogens is 1. The van der Waals surface area contributed by atoms with Crippen molar-refractivity contribution in [2.24, 2.45) is 5.92 Å². The van der Waals surface area contributed by atoms with E-state index in [4.69, 9.17) is 16.3 Å². The van der Waals surface area contributed by atoms with Gasteiger partial charge in [0.1, 0.15) is 5.82 Å². The molecule has 0 spiro atoms. The van der Waals surface area contributed by atoms with Crippen LogP contribution in [-0.4, -0.2) is 53.8 Å². The number of ether oxygens (including phenoxy) is 1. The summed E-state index contributed by atoms with van der Waals surface area (Å²) in [5.74, 6) is 0.627. The molecule has 0 aliphatic carbocycles. The highest BCUT2D eigenvalue weighted by Gasteiger charge is 2.17. The van der Waals surface area contributed by atoms with Gasteiger partial charge in [0.05, 0.1) is 10.6 Å². The van der Waals surface area contributed by atoms with E-state index < -0.39 is 6.09 Å². The Bertz CT molecular complexity index is 817. The number of nitrogens with one attached hydrogen (secondary N) is 3. The van der Waals surface area contributed by atoms with Gasteiger partial charge in [-0.25, -0.2) is 4.79 Å². The van der Waals surface area contributed by atoms with Crippen molar-refractivity contribution in [2.45, 2.75) is 19.3 Å². The number of likely N-dealkylation sites (tertiary alicyclic amines) is 1. The van der Waals surface area contributed by atoms with Gasteiger partial charge in [-0.3, -0.25) is 9.89 Å². The van der Waals surface area contributed by atoms with Crippen molar-refractivity contribution in [3.8, 4) is 5.88 Å². The van der Waals surface area contributed by atoms with Gasteiger partial charge in [0.15, 0.2) is 0 Å². The maximum Gasteiger partial charge on any atom is 0.413 e. The van der Waals surface area contributed by atoms with Gasteiger partial charge in [0, 0.05) is 12.6 Å². The van der Waals surface area contributed by atoms with Crippen LogP contribution in [0.15, 0.2) is 30.3 Å². The summed E-state index contributed by atoms with van der Waals surface area (Å²) in [6.45, 7) is 2.77. The quantitative estimate of drug-likeness (QED) is 0.685. The lowest BCUT2D eigenvalue weighted by Gasteiger charge is -2.28. The molecule has 0 bridgehead atoms. The molecule has 0 saturated carbocycles. The number of hydrogen-bond donors (Lipinski definition) is 3. The second-order valence-corrected chi connectivity index (χ2v) is 7.31.